The second-order valence-corrected chi connectivity index (χ2v) is 17.7. The summed E-state index contributed by atoms with van der Waals surface area (Å²) in [5, 5.41) is 0. The maximum atomic E-state index is 7.40. The van der Waals surface area contributed by atoms with Crippen LogP contribution < -0.4 is 50.6 Å². The summed E-state index contributed by atoms with van der Waals surface area (Å²) < 4.78 is 21.8. The van der Waals surface area contributed by atoms with Gasteiger partial charge in [-0.15, -0.1) is 0 Å². The summed E-state index contributed by atoms with van der Waals surface area (Å²) in [6.07, 6.45) is 7.44. The van der Waals surface area contributed by atoms with E-state index in [1.807, 2.05) is 42.9 Å². The molecule has 0 amide bonds. The number of ether oxygens (including phenoxy) is 1. The number of rotatable bonds is 7. The van der Waals surface area contributed by atoms with Crippen molar-refractivity contribution in [2.24, 2.45) is 0 Å². The molecule has 14 rings (SSSR count). The van der Waals surface area contributed by atoms with Crippen LogP contribution in [0.2, 0.25) is 0 Å². The van der Waals surface area contributed by atoms with Gasteiger partial charge in [-0.1, -0.05) is 97.1 Å². The minimum Gasteiger partial charge on any atom is -0.551 e. The minimum absolute atomic E-state index is 0.464. The molecule has 4 aliphatic rings. The molecule has 0 aliphatic carbocycles. The number of hydrogen-bond acceptors (Lipinski definition) is 8. The van der Waals surface area contributed by atoms with Crippen molar-refractivity contribution in [2.45, 2.75) is 6.92 Å². The van der Waals surface area contributed by atoms with Gasteiger partial charge in [-0.05, 0) is 115 Å². The Morgan fingerprint density at radius 3 is 1.42 bits per heavy atom. The van der Waals surface area contributed by atoms with Gasteiger partial charge in [0.25, 0.3) is 0 Å². The fourth-order valence-electron chi connectivity index (χ4n) is 10.9. The third kappa shape index (κ3) is 6.12. The number of anilines is 9. The van der Waals surface area contributed by atoms with E-state index in [4.69, 9.17) is 14.0 Å². The lowest BCUT2D eigenvalue weighted by Gasteiger charge is -2.43. The lowest BCUT2D eigenvalue weighted by atomic mass is 9.45. The quantitative estimate of drug-likeness (QED) is 0.147. The Labute approximate surface area is 400 Å². The fourth-order valence-corrected chi connectivity index (χ4v) is 10.9. The molecule has 0 bridgehead atoms. The average Bonchev–Trinajstić information content (AvgIpc) is 3.41. The van der Waals surface area contributed by atoms with E-state index in [1.54, 1.807) is 6.20 Å². The second kappa shape index (κ2) is 15.5. The van der Waals surface area contributed by atoms with Gasteiger partial charge >= 0.3 is 13.8 Å². The molecule has 69 heavy (non-hydrogen) atoms. The minimum atomic E-state index is -0.479. The molecule has 10 heteroatoms. The number of hydrogen-bond donors (Lipinski definition) is 0. The molecule has 8 aromatic carbocycles. The molecule has 0 spiro atoms. The van der Waals surface area contributed by atoms with Crippen molar-refractivity contribution in [1.29, 1.82) is 0 Å². The molecule has 8 nitrogen and oxygen atoms in total. The van der Waals surface area contributed by atoms with Crippen LogP contribution in [0, 0.1) is 6.92 Å². The van der Waals surface area contributed by atoms with Crippen LogP contribution in [-0.4, -0.2) is 23.8 Å². The van der Waals surface area contributed by atoms with E-state index < -0.39 is 13.8 Å². The smallest absolute Gasteiger partial charge is 0.434 e. The van der Waals surface area contributed by atoms with E-state index >= 15 is 0 Å². The second-order valence-electron chi connectivity index (χ2n) is 17.7. The summed E-state index contributed by atoms with van der Waals surface area (Å²) >= 11 is 0. The van der Waals surface area contributed by atoms with Crippen molar-refractivity contribution >= 4 is 86.9 Å². The average molecular weight is 888 g/mol. The summed E-state index contributed by atoms with van der Waals surface area (Å²) in [6.45, 7) is 1.24. The van der Waals surface area contributed by atoms with Gasteiger partial charge in [0.05, 0.1) is 11.4 Å². The SMILES string of the molecule is Cc1c2c(cc3c1N(c1ccccc1)c1cc(N(c4ccccc4)c4ccccc4)cc4c1B3Oc1ccncc1-4)B1Oc3ccncc3-c3cc(N(c4ccccc4)c4ccccc4)cc(c31)O2. The molecule has 0 radical (unpaired) electrons. The number of benzene rings is 8. The normalized spacial score (nSPS) is 13.0. The van der Waals surface area contributed by atoms with Gasteiger partial charge in [-0.3, -0.25) is 9.97 Å². The van der Waals surface area contributed by atoms with Crippen LogP contribution in [0.25, 0.3) is 22.3 Å². The van der Waals surface area contributed by atoms with Crippen molar-refractivity contribution in [1.82, 2.24) is 9.97 Å². The maximum Gasteiger partial charge on any atom is 0.434 e. The van der Waals surface area contributed by atoms with Crippen LogP contribution in [0.3, 0.4) is 0 Å². The summed E-state index contributed by atoms with van der Waals surface area (Å²) in [7, 11) is 0. The highest BCUT2D eigenvalue weighted by Gasteiger charge is 2.49. The van der Waals surface area contributed by atoms with Crippen molar-refractivity contribution in [3.05, 3.63) is 224 Å². The highest BCUT2D eigenvalue weighted by molar-refractivity contribution is 6.88. The van der Waals surface area contributed by atoms with Gasteiger partial charge in [0.1, 0.15) is 23.0 Å². The number of pyridine rings is 2. The lowest BCUT2D eigenvalue weighted by molar-refractivity contribution is 0.476. The van der Waals surface area contributed by atoms with E-state index in [0.717, 1.165) is 124 Å². The fraction of sp³-hybridized carbons (Fsp3) is 0.0169. The highest BCUT2D eigenvalue weighted by Crippen LogP contribution is 2.50. The zero-order chi connectivity index (χ0) is 45.6. The molecule has 0 N–H and O–H groups in total. The molecular weight excluding hydrogens is 848 g/mol. The Hall–Kier alpha value is -9.01. The van der Waals surface area contributed by atoms with E-state index in [-0.39, 0.29) is 0 Å². The number of aromatic nitrogens is 2. The Kier molecular flexibility index (Phi) is 8.82. The first kappa shape index (κ1) is 39.2. The van der Waals surface area contributed by atoms with Gasteiger partial charge in [0.15, 0.2) is 0 Å². The van der Waals surface area contributed by atoms with Crippen LogP contribution >= 0.6 is 0 Å². The van der Waals surface area contributed by atoms with E-state index in [0.29, 0.717) is 0 Å². The van der Waals surface area contributed by atoms with Crippen LogP contribution in [0.1, 0.15) is 5.56 Å². The first-order valence-electron chi connectivity index (χ1n) is 23.2. The van der Waals surface area contributed by atoms with Crippen LogP contribution in [-0.2, 0) is 0 Å². The monoisotopic (exact) mass is 887 g/mol. The van der Waals surface area contributed by atoms with Gasteiger partial charge in [-0.2, -0.15) is 0 Å². The molecule has 6 heterocycles. The maximum absolute atomic E-state index is 7.40. The van der Waals surface area contributed by atoms with Crippen molar-refractivity contribution in [3.63, 3.8) is 0 Å². The Bertz CT molecular complexity index is 3560. The van der Waals surface area contributed by atoms with E-state index in [9.17, 15) is 0 Å². The Morgan fingerprint density at radius 1 is 0.435 bits per heavy atom. The number of nitrogens with zero attached hydrogens (tertiary/aromatic N) is 5. The van der Waals surface area contributed by atoms with Crippen LogP contribution in [0.4, 0.5) is 51.2 Å². The lowest BCUT2D eigenvalue weighted by Crippen LogP contribution is -2.60. The molecular formula is C59H39B2N5O3. The molecule has 4 aliphatic heterocycles. The molecule has 0 saturated heterocycles. The summed E-state index contributed by atoms with van der Waals surface area (Å²) in [5.41, 5.74) is 18.1. The molecule has 10 aromatic rings. The van der Waals surface area contributed by atoms with Crippen molar-refractivity contribution in [2.75, 3.05) is 14.7 Å². The Morgan fingerprint density at radius 2 is 0.899 bits per heavy atom. The molecule has 0 saturated carbocycles. The predicted molar refractivity (Wildman–Crippen MR) is 280 cm³/mol. The number of para-hydroxylation sites is 5. The van der Waals surface area contributed by atoms with E-state index in [2.05, 4.69) is 201 Å². The van der Waals surface area contributed by atoms with Crippen molar-refractivity contribution < 1.29 is 14.0 Å². The molecule has 0 atom stereocenters. The van der Waals surface area contributed by atoms with Gasteiger partial charge in [-0.25, -0.2) is 0 Å². The van der Waals surface area contributed by atoms with Crippen LogP contribution in [0.5, 0.6) is 23.0 Å². The third-order valence-electron chi connectivity index (χ3n) is 13.8. The van der Waals surface area contributed by atoms with E-state index in [1.165, 1.54) is 0 Å². The van der Waals surface area contributed by atoms with Crippen LogP contribution in [0.15, 0.2) is 219 Å². The topological polar surface area (TPSA) is 63.2 Å². The Balaban J connectivity index is 1.02. The standard InChI is InChI=1S/C59H39B2N5O3/c1-38-58-50(35-51-59(38)67-55-34-45(32-47-49-37-63-30-28-54(49)69-61(51)57(47)55)65(41-21-11-4-12-22-41)42-23-13-5-14-24-42)60-56-46(48-36-62-29-27-53(48)68-60)31-44(33-52(56)66(58)43-25-15-6-16-26-43)64(39-17-7-2-8-18-39)40-19-9-3-10-20-40/h2-37H,1H3. The molecule has 2 aromatic heterocycles. The zero-order valence-corrected chi connectivity index (χ0v) is 37.4. The summed E-state index contributed by atoms with van der Waals surface area (Å²) in [6, 6.07) is 68.0. The van der Waals surface area contributed by atoms with Gasteiger partial charge < -0.3 is 28.7 Å². The molecule has 324 valence electrons. The first-order chi connectivity index (χ1) is 34.2. The first-order valence-corrected chi connectivity index (χ1v) is 23.2. The third-order valence-corrected chi connectivity index (χ3v) is 13.8. The number of fused-ring (bicyclic) bond motifs is 8. The van der Waals surface area contributed by atoms with Crippen molar-refractivity contribution in [3.8, 4) is 45.3 Å². The summed E-state index contributed by atoms with van der Waals surface area (Å²) in [4.78, 5) is 16.3. The molecule has 0 unspecified atom stereocenters. The zero-order valence-electron chi connectivity index (χ0n) is 37.4. The van der Waals surface area contributed by atoms with Gasteiger partial charge in [0, 0.05) is 104 Å². The largest absolute Gasteiger partial charge is 0.551 e. The predicted octanol–water partition coefficient (Wildman–Crippen LogP) is 11.9. The summed E-state index contributed by atoms with van der Waals surface area (Å²) in [5.74, 6) is 3.04. The van der Waals surface area contributed by atoms with Gasteiger partial charge in [0.2, 0.25) is 0 Å². The molecule has 0 fully saturated rings. The highest BCUT2D eigenvalue weighted by atomic mass is 16.5.